The van der Waals surface area contributed by atoms with Crippen LogP contribution in [0.3, 0.4) is 0 Å². The number of allylic oxidation sites excluding steroid dienone is 4. The molecule has 4 unspecified atom stereocenters. The summed E-state index contributed by atoms with van der Waals surface area (Å²) in [6.07, 6.45) is 23.6. The van der Waals surface area contributed by atoms with Gasteiger partial charge in [0, 0.05) is 0 Å². The van der Waals surface area contributed by atoms with Crippen LogP contribution in [0.5, 0.6) is 0 Å². The van der Waals surface area contributed by atoms with Crippen LogP contribution in [-0.4, -0.2) is 0 Å². The summed E-state index contributed by atoms with van der Waals surface area (Å²) in [5.41, 5.74) is 5.06. The quantitative estimate of drug-likeness (QED) is 0.337. The van der Waals surface area contributed by atoms with E-state index in [9.17, 15) is 0 Å². The molecule has 4 bridgehead atoms. The molecule has 0 saturated heterocycles. The van der Waals surface area contributed by atoms with Crippen molar-refractivity contribution in [2.45, 2.75) is 57.8 Å². The summed E-state index contributed by atoms with van der Waals surface area (Å²) < 4.78 is 0. The van der Waals surface area contributed by atoms with Crippen LogP contribution in [0.2, 0.25) is 0 Å². The van der Waals surface area contributed by atoms with Crippen molar-refractivity contribution in [1.82, 2.24) is 0 Å². The van der Waals surface area contributed by atoms with Crippen LogP contribution in [0.25, 0.3) is 11.1 Å². The second-order valence-corrected chi connectivity index (χ2v) is 9.93. The molecule has 0 aliphatic heterocycles. The Morgan fingerprint density at radius 3 is 1.55 bits per heavy atom. The number of benzene rings is 2. The summed E-state index contributed by atoms with van der Waals surface area (Å²) in [4.78, 5) is 0. The molecule has 4 saturated carbocycles. The summed E-state index contributed by atoms with van der Waals surface area (Å²) in [5, 5.41) is 0. The van der Waals surface area contributed by atoms with Crippen molar-refractivity contribution in [3.05, 3.63) is 96.8 Å². The second kappa shape index (κ2) is 13.3. The van der Waals surface area contributed by atoms with Gasteiger partial charge in [-0.15, -0.1) is 41.8 Å². The minimum atomic E-state index is 0. The largest absolute Gasteiger partial charge is 3.00 e. The Hall–Kier alpha value is -0.907. The molecular weight excluding hydrogens is 499 g/mol. The van der Waals surface area contributed by atoms with Crippen LogP contribution in [0.1, 0.15) is 68.9 Å². The first-order valence-electron chi connectivity index (χ1n) is 12.4. The molecule has 7 rings (SSSR count). The van der Waals surface area contributed by atoms with Crippen molar-refractivity contribution >= 4 is 23.6 Å². The van der Waals surface area contributed by atoms with Crippen LogP contribution in [0.4, 0.5) is 0 Å². The third-order valence-corrected chi connectivity index (χ3v) is 7.77. The molecule has 0 heterocycles. The number of hydrogen-bond acceptors (Lipinski definition) is 0. The predicted octanol–water partition coefficient (Wildman–Crippen LogP) is 8.80. The van der Waals surface area contributed by atoms with Crippen molar-refractivity contribution in [2.75, 3.05) is 0 Å². The summed E-state index contributed by atoms with van der Waals surface area (Å²) in [6.45, 7) is 0. The number of fused-ring (bicyclic) bond motifs is 4. The van der Waals surface area contributed by atoms with E-state index in [1.54, 1.807) is 0 Å². The average Bonchev–Trinajstić information content (AvgIpc) is 3.68. The Morgan fingerprint density at radius 1 is 0.667 bits per heavy atom. The van der Waals surface area contributed by atoms with Gasteiger partial charge < -0.3 is 12.8 Å². The van der Waals surface area contributed by atoms with E-state index in [-0.39, 0.29) is 38.6 Å². The van der Waals surface area contributed by atoms with E-state index in [0.717, 1.165) is 30.1 Å². The first-order chi connectivity index (χ1) is 15.3. The van der Waals surface area contributed by atoms with E-state index in [1.807, 2.05) is 6.07 Å². The zero-order valence-electron chi connectivity index (χ0n) is 19.6. The summed E-state index contributed by atoms with van der Waals surface area (Å²) >= 11 is 0. The molecule has 1 radical (unpaired) electrons. The first kappa shape index (κ1) is 26.7. The number of hydrogen-bond donors (Lipinski definition) is 0. The van der Waals surface area contributed by atoms with Crippen LogP contribution >= 0.6 is 12.4 Å². The van der Waals surface area contributed by atoms with Crippen molar-refractivity contribution in [3.8, 4) is 0 Å². The SMILES string of the molecule is Cl.[C-]1=C(c2ccccc2)C(c2ccccc2)=CC1.[CH-]1CC2CCC1C2.[CH-]1CC2CCC1C2.[Zr+3]. The van der Waals surface area contributed by atoms with Crippen LogP contribution < -0.4 is 0 Å². The molecule has 0 N–H and O–H groups in total. The molecule has 0 spiro atoms. The van der Waals surface area contributed by atoms with Gasteiger partial charge in [0.05, 0.1) is 0 Å². The maximum atomic E-state index is 3.45. The summed E-state index contributed by atoms with van der Waals surface area (Å²) in [5.74, 6) is 4.32. The molecule has 5 aliphatic carbocycles. The van der Waals surface area contributed by atoms with Gasteiger partial charge in [-0.2, -0.15) is 36.3 Å². The molecule has 4 atom stereocenters. The van der Waals surface area contributed by atoms with Gasteiger partial charge in [0.15, 0.2) is 0 Å². The molecule has 171 valence electrons. The van der Waals surface area contributed by atoms with Crippen LogP contribution in [0.15, 0.2) is 66.7 Å². The van der Waals surface area contributed by atoms with Crippen molar-refractivity contribution in [2.24, 2.45) is 23.7 Å². The molecule has 5 aliphatic rings. The maximum absolute atomic E-state index is 3.45. The fourth-order valence-electron chi connectivity index (χ4n) is 6.05. The van der Waals surface area contributed by atoms with Gasteiger partial charge in [-0.3, -0.25) is 0 Å². The topological polar surface area (TPSA) is 0 Å². The standard InChI is InChI=1S/C17H13.2C7H11.ClH.Zr/c1-3-8-14(9-4-1)16-12-7-13-17(16)15-10-5-2-6-11-15;2*1-2-7-4-3-6(1)5-7;;/h1-6,8-12H,7H2;2*1,6-7H,2-5H2;1H;/q3*-1;;+3. The maximum Gasteiger partial charge on any atom is 3.00 e. The average molecular weight is 535 g/mol. The second-order valence-electron chi connectivity index (χ2n) is 9.93. The van der Waals surface area contributed by atoms with E-state index in [4.69, 9.17) is 0 Å². The Kier molecular flexibility index (Phi) is 10.7. The van der Waals surface area contributed by atoms with Crippen molar-refractivity contribution in [1.29, 1.82) is 0 Å². The van der Waals surface area contributed by atoms with Gasteiger partial charge in [0.1, 0.15) is 0 Å². The molecule has 33 heavy (non-hydrogen) atoms. The molecule has 2 aromatic rings. The number of rotatable bonds is 2. The smallest absolute Gasteiger partial charge is 0.325 e. The van der Waals surface area contributed by atoms with Gasteiger partial charge in [-0.05, 0) is 0 Å². The van der Waals surface area contributed by atoms with Gasteiger partial charge in [-0.1, -0.05) is 111 Å². The Labute approximate surface area is 226 Å². The third-order valence-electron chi connectivity index (χ3n) is 7.77. The van der Waals surface area contributed by atoms with Crippen molar-refractivity contribution < 1.29 is 26.2 Å². The van der Waals surface area contributed by atoms with Gasteiger partial charge in [-0.25, -0.2) is 0 Å². The molecule has 0 amide bonds. The first-order valence-corrected chi connectivity index (χ1v) is 12.4. The molecular formula is C31H36ClZr. The fraction of sp³-hybridized carbons (Fsp3) is 0.419. The molecule has 0 nitrogen and oxygen atoms in total. The Balaban J connectivity index is 0.000000158. The zero-order chi connectivity index (χ0) is 20.9. The fourth-order valence-corrected chi connectivity index (χ4v) is 6.05. The predicted molar refractivity (Wildman–Crippen MR) is 139 cm³/mol. The van der Waals surface area contributed by atoms with E-state index in [1.165, 1.54) is 73.6 Å². The molecule has 4 fully saturated rings. The van der Waals surface area contributed by atoms with Crippen LogP contribution in [0, 0.1) is 42.6 Å². The third kappa shape index (κ3) is 7.05. The van der Waals surface area contributed by atoms with E-state index >= 15 is 0 Å². The minimum Gasteiger partial charge on any atom is -0.325 e. The van der Waals surface area contributed by atoms with Crippen LogP contribution in [-0.2, 0) is 26.2 Å². The minimum absolute atomic E-state index is 0. The Bertz CT molecular complexity index is 790. The van der Waals surface area contributed by atoms with E-state index in [2.05, 4.69) is 79.6 Å². The normalized spacial score (nSPS) is 27.8. The van der Waals surface area contributed by atoms with E-state index < -0.39 is 0 Å². The van der Waals surface area contributed by atoms with Crippen molar-refractivity contribution in [3.63, 3.8) is 0 Å². The molecule has 2 heteroatoms. The van der Waals surface area contributed by atoms with Gasteiger partial charge in [0.2, 0.25) is 0 Å². The van der Waals surface area contributed by atoms with E-state index in [0.29, 0.717) is 0 Å². The summed E-state index contributed by atoms with van der Waals surface area (Å²) in [6, 6.07) is 21.0. The zero-order valence-corrected chi connectivity index (χ0v) is 22.9. The van der Waals surface area contributed by atoms with Gasteiger partial charge >= 0.3 is 26.2 Å². The molecule has 0 aromatic heterocycles. The summed E-state index contributed by atoms with van der Waals surface area (Å²) in [7, 11) is 0. The monoisotopic (exact) mass is 533 g/mol. The Morgan fingerprint density at radius 2 is 1.18 bits per heavy atom. The van der Waals surface area contributed by atoms with Gasteiger partial charge in [0.25, 0.3) is 0 Å². The number of halogens is 1. The molecule has 2 aromatic carbocycles.